The fraction of sp³-hybridized carbons (Fsp3) is 1.00. The van der Waals surface area contributed by atoms with Crippen molar-refractivity contribution in [2.45, 2.75) is 78.7 Å². The van der Waals surface area contributed by atoms with Crippen LogP contribution in [0.4, 0.5) is 0 Å². The number of likely N-dealkylation sites (tertiary alicyclic amines) is 1. The van der Waals surface area contributed by atoms with Crippen LogP contribution in [-0.4, -0.2) is 36.6 Å². The van der Waals surface area contributed by atoms with Crippen molar-refractivity contribution in [1.82, 2.24) is 10.2 Å². The van der Waals surface area contributed by atoms with Crippen LogP contribution in [0.2, 0.25) is 0 Å². The molecule has 0 amide bonds. The summed E-state index contributed by atoms with van der Waals surface area (Å²) in [4.78, 5) is 2.72. The normalized spacial score (nSPS) is 24.4. The molecule has 1 heterocycles. The molecule has 2 aliphatic rings. The van der Waals surface area contributed by atoms with E-state index in [0.29, 0.717) is 5.41 Å². The highest BCUT2D eigenvalue weighted by Gasteiger charge is 2.37. The van der Waals surface area contributed by atoms with Crippen LogP contribution in [0, 0.1) is 10.8 Å². The van der Waals surface area contributed by atoms with E-state index in [1.165, 1.54) is 58.2 Å². The van der Waals surface area contributed by atoms with Gasteiger partial charge in [-0.2, -0.15) is 0 Å². The van der Waals surface area contributed by atoms with Crippen LogP contribution < -0.4 is 5.32 Å². The van der Waals surface area contributed by atoms with Gasteiger partial charge < -0.3 is 10.2 Å². The average Bonchev–Trinajstić information content (AvgIpc) is 2.78. The zero-order valence-corrected chi connectivity index (χ0v) is 14.5. The van der Waals surface area contributed by atoms with Crippen molar-refractivity contribution in [2.75, 3.05) is 26.2 Å². The predicted molar refractivity (Wildman–Crippen MR) is 88.1 cm³/mol. The smallest absolute Gasteiger partial charge is 0.00967 e. The van der Waals surface area contributed by atoms with E-state index in [0.717, 1.165) is 12.0 Å². The Morgan fingerprint density at radius 3 is 1.95 bits per heavy atom. The monoisotopic (exact) mass is 280 g/mol. The van der Waals surface area contributed by atoms with Crippen molar-refractivity contribution < 1.29 is 0 Å². The molecule has 2 fully saturated rings. The number of hydrogen-bond donors (Lipinski definition) is 1. The third-order valence-corrected chi connectivity index (χ3v) is 5.33. The number of piperidine rings is 1. The number of nitrogens with one attached hydrogen (secondary N) is 1. The van der Waals surface area contributed by atoms with Crippen LogP contribution in [0.15, 0.2) is 0 Å². The maximum atomic E-state index is 3.67. The maximum absolute atomic E-state index is 3.67. The van der Waals surface area contributed by atoms with Gasteiger partial charge in [0.25, 0.3) is 0 Å². The van der Waals surface area contributed by atoms with Gasteiger partial charge in [0, 0.05) is 18.6 Å². The maximum Gasteiger partial charge on any atom is 0.00967 e. The van der Waals surface area contributed by atoms with Crippen molar-refractivity contribution in [1.29, 1.82) is 0 Å². The molecule has 1 N–H and O–H groups in total. The number of nitrogens with zero attached hydrogens (tertiary/aromatic N) is 1. The molecular formula is C18H36N2. The van der Waals surface area contributed by atoms with Gasteiger partial charge in [-0.15, -0.1) is 0 Å². The summed E-state index contributed by atoms with van der Waals surface area (Å²) in [5.74, 6) is 0. The van der Waals surface area contributed by atoms with E-state index >= 15 is 0 Å². The van der Waals surface area contributed by atoms with Crippen LogP contribution in [0.5, 0.6) is 0 Å². The summed E-state index contributed by atoms with van der Waals surface area (Å²) in [5.41, 5.74) is 1.35. The van der Waals surface area contributed by atoms with Gasteiger partial charge in [-0.25, -0.2) is 0 Å². The van der Waals surface area contributed by atoms with Crippen molar-refractivity contribution in [2.24, 2.45) is 10.8 Å². The molecule has 0 aromatic carbocycles. The highest BCUT2D eigenvalue weighted by atomic mass is 15.1. The lowest BCUT2D eigenvalue weighted by Gasteiger charge is -2.42. The third kappa shape index (κ3) is 4.73. The molecule has 1 saturated heterocycles. The van der Waals surface area contributed by atoms with Crippen LogP contribution in [0.25, 0.3) is 0 Å². The Morgan fingerprint density at radius 2 is 1.45 bits per heavy atom. The van der Waals surface area contributed by atoms with E-state index in [1.807, 2.05) is 0 Å². The Labute approximate surface area is 126 Å². The first kappa shape index (κ1) is 16.3. The number of rotatable bonds is 4. The minimum Gasteiger partial charge on any atom is -0.311 e. The van der Waals surface area contributed by atoms with Gasteiger partial charge in [-0.3, -0.25) is 0 Å². The molecule has 1 spiro atoms. The molecule has 0 radical (unpaired) electrons. The summed E-state index contributed by atoms with van der Waals surface area (Å²) < 4.78 is 0. The van der Waals surface area contributed by atoms with E-state index in [9.17, 15) is 0 Å². The van der Waals surface area contributed by atoms with E-state index in [-0.39, 0.29) is 5.54 Å². The van der Waals surface area contributed by atoms with Gasteiger partial charge in [0.05, 0.1) is 0 Å². The SMILES string of the molecule is CC(C)(CNC(C)(C)C)CN1CCC2(CCCC2)CC1. The van der Waals surface area contributed by atoms with Crippen LogP contribution in [0.3, 0.4) is 0 Å². The third-order valence-electron chi connectivity index (χ3n) is 5.33. The Bertz CT molecular complexity index is 298. The van der Waals surface area contributed by atoms with Gasteiger partial charge >= 0.3 is 0 Å². The van der Waals surface area contributed by atoms with Gasteiger partial charge in [0.1, 0.15) is 0 Å². The Balaban J connectivity index is 1.76. The fourth-order valence-electron chi connectivity index (χ4n) is 3.98. The molecule has 0 atom stereocenters. The molecule has 2 nitrogen and oxygen atoms in total. The first-order valence-electron chi connectivity index (χ1n) is 8.67. The lowest BCUT2D eigenvalue weighted by Crippen LogP contribution is -2.48. The Morgan fingerprint density at radius 1 is 0.900 bits per heavy atom. The largest absolute Gasteiger partial charge is 0.311 e. The first-order valence-corrected chi connectivity index (χ1v) is 8.67. The van der Waals surface area contributed by atoms with E-state index < -0.39 is 0 Å². The quantitative estimate of drug-likeness (QED) is 0.835. The molecule has 0 aromatic rings. The van der Waals surface area contributed by atoms with E-state index in [1.54, 1.807) is 0 Å². The summed E-state index contributed by atoms with van der Waals surface area (Å²) >= 11 is 0. The van der Waals surface area contributed by atoms with Gasteiger partial charge in [-0.05, 0) is 70.4 Å². The fourth-order valence-corrected chi connectivity index (χ4v) is 3.98. The molecule has 0 bridgehead atoms. The summed E-state index contributed by atoms with van der Waals surface area (Å²) in [5, 5.41) is 3.67. The number of hydrogen-bond acceptors (Lipinski definition) is 2. The Kier molecular flexibility index (Phi) is 4.86. The molecule has 1 saturated carbocycles. The van der Waals surface area contributed by atoms with Gasteiger partial charge in [-0.1, -0.05) is 26.7 Å². The lowest BCUT2D eigenvalue weighted by atomic mass is 9.76. The second kappa shape index (κ2) is 5.96. The first-order chi connectivity index (χ1) is 9.20. The zero-order valence-electron chi connectivity index (χ0n) is 14.5. The highest BCUT2D eigenvalue weighted by molar-refractivity contribution is 4.91. The van der Waals surface area contributed by atoms with Crippen molar-refractivity contribution >= 4 is 0 Å². The molecule has 0 aromatic heterocycles. The minimum atomic E-state index is 0.229. The minimum absolute atomic E-state index is 0.229. The topological polar surface area (TPSA) is 15.3 Å². The second-order valence-electron chi connectivity index (χ2n) is 9.25. The van der Waals surface area contributed by atoms with Crippen molar-refractivity contribution in [3.05, 3.63) is 0 Å². The van der Waals surface area contributed by atoms with Crippen LogP contribution in [-0.2, 0) is 0 Å². The van der Waals surface area contributed by atoms with E-state index in [4.69, 9.17) is 0 Å². The van der Waals surface area contributed by atoms with Crippen LogP contribution in [0.1, 0.15) is 73.1 Å². The molecule has 1 aliphatic heterocycles. The van der Waals surface area contributed by atoms with Crippen LogP contribution >= 0.6 is 0 Å². The molecule has 0 unspecified atom stereocenters. The standard InChI is InChI=1S/C18H36N2/c1-16(2,3)19-14-17(4,5)15-20-12-10-18(11-13-20)8-6-7-9-18/h19H,6-15H2,1-5H3. The van der Waals surface area contributed by atoms with Crippen molar-refractivity contribution in [3.63, 3.8) is 0 Å². The lowest BCUT2D eigenvalue weighted by molar-refractivity contribution is 0.0761. The summed E-state index contributed by atoms with van der Waals surface area (Å²) in [6.45, 7) is 16.6. The molecule has 118 valence electrons. The average molecular weight is 280 g/mol. The molecular weight excluding hydrogens is 244 g/mol. The Hall–Kier alpha value is -0.0800. The van der Waals surface area contributed by atoms with Crippen molar-refractivity contribution in [3.8, 4) is 0 Å². The molecule has 2 rings (SSSR count). The van der Waals surface area contributed by atoms with Gasteiger partial charge in [0.15, 0.2) is 0 Å². The molecule has 20 heavy (non-hydrogen) atoms. The predicted octanol–water partition coefficient (Wildman–Crippen LogP) is 4.06. The zero-order chi connectivity index (χ0) is 14.9. The van der Waals surface area contributed by atoms with Gasteiger partial charge in [0.2, 0.25) is 0 Å². The summed E-state index contributed by atoms with van der Waals surface area (Å²) in [6, 6.07) is 0. The van der Waals surface area contributed by atoms with E-state index in [2.05, 4.69) is 44.8 Å². The summed E-state index contributed by atoms with van der Waals surface area (Å²) in [6.07, 6.45) is 8.90. The second-order valence-corrected chi connectivity index (χ2v) is 9.25. The molecule has 1 aliphatic carbocycles. The summed E-state index contributed by atoms with van der Waals surface area (Å²) in [7, 11) is 0. The molecule has 2 heteroatoms. The highest BCUT2D eigenvalue weighted by Crippen LogP contribution is 2.46.